The molecule has 0 saturated heterocycles. The Morgan fingerprint density at radius 2 is 1.78 bits per heavy atom. The number of nitrogens with one attached hydrogen (secondary N) is 2. The molecule has 7 heteroatoms. The number of aryl methyl sites for hydroxylation is 1. The molecule has 1 heterocycles. The fourth-order valence-electron chi connectivity index (χ4n) is 2.07. The van der Waals surface area contributed by atoms with Crippen molar-refractivity contribution in [1.29, 1.82) is 0 Å². The minimum atomic E-state index is -0.473. The van der Waals surface area contributed by atoms with Crippen molar-refractivity contribution in [3.8, 4) is 5.75 Å². The maximum absolute atomic E-state index is 12.2. The Labute approximate surface area is 138 Å². The third-order valence-electron chi connectivity index (χ3n) is 3.36. The predicted octanol–water partition coefficient (Wildman–Crippen LogP) is 3.80. The van der Waals surface area contributed by atoms with Gasteiger partial charge in [0, 0.05) is 4.88 Å². The minimum absolute atomic E-state index is 0.380. The Morgan fingerprint density at radius 3 is 2.43 bits per heavy atom. The number of thiophene rings is 1. The van der Waals surface area contributed by atoms with Crippen LogP contribution in [0, 0.1) is 13.8 Å². The van der Waals surface area contributed by atoms with Gasteiger partial charge in [0.1, 0.15) is 10.8 Å². The van der Waals surface area contributed by atoms with Gasteiger partial charge in [-0.1, -0.05) is 12.1 Å². The van der Waals surface area contributed by atoms with Crippen molar-refractivity contribution in [3.63, 3.8) is 0 Å². The van der Waals surface area contributed by atoms with Crippen molar-refractivity contribution in [2.75, 3.05) is 24.9 Å². The smallest absolute Gasteiger partial charge is 0.341 e. The number of carbonyl (C=O) groups is 2. The SMILES string of the molecule is COC(=O)c1c(NC(=O)Nc2ccccc2OC)sc(C)c1C. The number of hydrogen-bond donors (Lipinski definition) is 2. The molecule has 2 N–H and O–H groups in total. The van der Waals surface area contributed by atoms with E-state index in [1.807, 2.05) is 19.9 Å². The van der Waals surface area contributed by atoms with Crippen LogP contribution in [0.2, 0.25) is 0 Å². The molecule has 0 unspecified atom stereocenters. The van der Waals surface area contributed by atoms with Gasteiger partial charge in [-0.15, -0.1) is 11.3 Å². The van der Waals surface area contributed by atoms with Crippen molar-refractivity contribution >= 4 is 34.0 Å². The van der Waals surface area contributed by atoms with Gasteiger partial charge in [-0.05, 0) is 31.5 Å². The fraction of sp³-hybridized carbons (Fsp3) is 0.250. The third-order valence-corrected chi connectivity index (χ3v) is 4.48. The summed E-state index contributed by atoms with van der Waals surface area (Å²) >= 11 is 1.33. The molecule has 0 atom stereocenters. The Kier molecular flexibility index (Phi) is 5.23. The van der Waals surface area contributed by atoms with E-state index in [2.05, 4.69) is 10.6 Å². The number of rotatable bonds is 4. The van der Waals surface area contributed by atoms with Gasteiger partial charge >= 0.3 is 12.0 Å². The van der Waals surface area contributed by atoms with Gasteiger partial charge in [-0.3, -0.25) is 5.32 Å². The summed E-state index contributed by atoms with van der Waals surface area (Å²) in [4.78, 5) is 25.1. The minimum Gasteiger partial charge on any atom is -0.495 e. The van der Waals surface area contributed by atoms with Gasteiger partial charge in [-0.25, -0.2) is 9.59 Å². The summed E-state index contributed by atoms with van der Waals surface area (Å²) in [6, 6.07) is 6.61. The second-order valence-corrected chi connectivity index (χ2v) is 5.98. The van der Waals surface area contributed by atoms with Crippen LogP contribution in [0.3, 0.4) is 0 Å². The second kappa shape index (κ2) is 7.15. The predicted molar refractivity (Wildman–Crippen MR) is 90.8 cm³/mol. The van der Waals surface area contributed by atoms with Crippen LogP contribution < -0.4 is 15.4 Å². The van der Waals surface area contributed by atoms with Gasteiger partial charge in [0.15, 0.2) is 0 Å². The van der Waals surface area contributed by atoms with E-state index >= 15 is 0 Å². The van der Waals surface area contributed by atoms with Gasteiger partial charge in [0.25, 0.3) is 0 Å². The molecule has 6 nitrogen and oxygen atoms in total. The molecule has 0 aliphatic heterocycles. The molecule has 0 radical (unpaired) electrons. The number of esters is 1. The van der Waals surface area contributed by atoms with Crippen molar-refractivity contribution in [2.45, 2.75) is 13.8 Å². The Morgan fingerprint density at radius 1 is 1.09 bits per heavy atom. The highest BCUT2D eigenvalue weighted by Gasteiger charge is 2.21. The highest BCUT2D eigenvalue weighted by Crippen LogP contribution is 2.33. The van der Waals surface area contributed by atoms with Crippen LogP contribution in [0.4, 0.5) is 15.5 Å². The lowest BCUT2D eigenvalue weighted by Crippen LogP contribution is -2.20. The Hall–Kier alpha value is -2.54. The first kappa shape index (κ1) is 16.8. The van der Waals surface area contributed by atoms with E-state index in [0.717, 1.165) is 10.4 Å². The topological polar surface area (TPSA) is 76.7 Å². The van der Waals surface area contributed by atoms with Crippen LogP contribution in [0.1, 0.15) is 20.8 Å². The van der Waals surface area contributed by atoms with E-state index in [1.54, 1.807) is 18.2 Å². The van der Waals surface area contributed by atoms with Gasteiger partial charge < -0.3 is 14.8 Å². The van der Waals surface area contributed by atoms with Crippen molar-refractivity contribution in [1.82, 2.24) is 0 Å². The number of para-hydroxylation sites is 2. The van der Waals surface area contributed by atoms with Crippen molar-refractivity contribution < 1.29 is 19.1 Å². The van der Waals surface area contributed by atoms with Gasteiger partial charge in [0.2, 0.25) is 0 Å². The molecule has 0 fully saturated rings. The van der Waals surface area contributed by atoms with Crippen LogP contribution in [-0.2, 0) is 4.74 Å². The van der Waals surface area contributed by atoms with Crippen LogP contribution in [0.25, 0.3) is 0 Å². The molecule has 0 spiro atoms. The molecule has 1 aromatic heterocycles. The molecule has 0 saturated carbocycles. The molecule has 0 aliphatic rings. The molecule has 122 valence electrons. The summed E-state index contributed by atoms with van der Waals surface area (Å²) in [5.74, 6) is 0.0776. The lowest BCUT2D eigenvalue weighted by Gasteiger charge is -2.11. The van der Waals surface area contributed by atoms with Crippen LogP contribution in [0.5, 0.6) is 5.75 Å². The lowest BCUT2D eigenvalue weighted by molar-refractivity contribution is 0.0601. The first-order valence-corrected chi connectivity index (χ1v) is 7.69. The number of carbonyl (C=O) groups excluding carboxylic acids is 2. The normalized spacial score (nSPS) is 10.1. The fourth-order valence-corrected chi connectivity index (χ4v) is 3.11. The van der Waals surface area contributed by atoms with Gasteiger partial charge in [0.05, 0.1) is 25.5 Å². The van der Waals surface area contributed by atoms with E-state index in [-0.39, 0.29) is 0 Å². The summed E-state index contributed by atoms with van der Waals surface area (Å²) in [7, 11) is 2.84. The molecular formula is C16H18N2O4S. The number of ether oxygens (including phenoxy) is 2. The number of urea groups is 1. The summed E-state index contributed by atoms with van der Waals surface area (Å²) < 4.78 is 9.97. The van der Waals surface area contributed by atoms with Crippen molar-refractivity contribution in [2.24, 2.45) is 0 Å². The Balaban J connectivity index is 2.21. The number of amides is 2. The summed E-state index contributed by atoms with van der Waals surface area (Å²) in [6.07, 6.45) is 0. The van der Waals surface area contributed by atoms with E-state index < -0.39 is 12.0 Å². The largest absolute Gasteiger partial charge is 0.495 e. The third kappa shape index (κ3) is 3.62. The summed E-state index contributed by atoms with van der Waals surface area (Å²) in [5.41, 5.74) is 1.72. The van der Waals surface area contributed by atoms with Crippen LogP contribution in [0.15, 0.2) is 24.3 Å². The van der Waals surface area contributed by atoms with E-state index in [4.69, 9.17) is 9.47 Å². The van der Waals surface area contributed by atoms with E-state index in [9.17, 15) is 9.59 Å². The molecule has 0 aliphatic carbocycles. The average molecular weight is 334 g/mol. The summed E-state index contributed by atoms with van der Waals surface area (Å²) in [5, 5.41) is 5.86. The van der Waals surface area contributed by atoms with Crippen LogP contribution >= 0.6 is 11.3 Å². The van der Waals surface area contributed by atoms with E-state index in [1.165, 1.54) is 25.6 Å². The summed E-state index contributed by atoms with van der Waals surface area (Å²) in [6.45, 7) is 3.71. The van der Waals surface area contributed by atoms with Gasteiger partial charge in [-0.2, -0.15) is 0 Å². The molecular weight excluding hydrogens is 316 g/mol. The maximum atomic E-state index is 12.2. The number of anilines is 2. The number of methoxy groups -OCH3 is 2. The second-order valence-electron chi connectivity index (χ2n) is 4.76. The molecule has 23 heavy (non-hydrogen) atoms. The first-order valence-electron chi connectivity index (χ1n) is 6.87. The lowest BCUT2D eigenvalue weighted by atomic mass is 10.1. The number of benzene rings is 1. The zero-order valence-electron chi connectivity index (χ0n) is 13.4. The quantitative estimate of drug-likeness (QED) is 0.834. The maximum Gasteiger partial charge on any atom is 0.341 e. The highest BCUT2D eigenvalue weighted by atomic mass is 32.1. The highest BCUT2D eigenvalue weighted by molar-refractivity contribution is 7.16. The molecule has 2 amide bonds. The van der Waals surface area contributed by atoms with Crippen LogP contribution in [-0.4, -0.2) is 26.2 Å². The Bertz CT molecular complexity index is 740. The molecule has 1 aromatic carbocycles. The zero-order chi connectivity index (χ0) is 17.0. The standard InChI is InChI=1S/C16H18N2O4S/c1-9-10(2)23-14(13(9)15(19)22-4)18-16(20)17-11-7-5-6-8-12(11)21-3/h5-8H,1-4H3,(H2,17,18,20). The molecule has 2 aromatic rings. The monoisotopic (exact) mass is 334 g/mol. The van der Waals surface area contributed by atoms with E-state index in [0.29, 0.717) is 22.0 Å². The number of hydrogen-bond acceptors (Lipinski definition) is 5. The average Bonchev–Trinajstić information content (AvgIpc) is 2.81. The molecule has 0 bridgehead atoms. The first-order chi connectivity index (χ1) is 11.0. The zero-order valence-corrected chi connectivity index (χ0v) is 14.2. The molecule has 2 rings (SSSR count). The van der Waals surface area contributed by atoms with Crippen molar-refractivity contribution in [3.05, 3.63) is 40.3 Å².